The Hall–Kier alpha value is -1.91. The van der Waals surface area contributed by atoms with Gasteiger partial charge in [0.15, 0.2) is 5.78 Å². The standard InChI is InChI=1S/C17H16ClNO3/c1-10-15(17(21)12-7-3-5-9-14(12)20)16(19-22-10)11-6-2-4-8-13(11)18/h2,4,6-8,17,21H,3,5,9H2,1H3. The van der Waals surface area contributed by atoms with Gasteiger partial charge in [-0.05, 0) is 25.8 Å². The number of Topliss-reactive ketones (excluding diaryl/α,β-unsaturated/α-hetero) is 1. The first kappa shape index (κ1) is 15.0. The van der Waals surface area contributed by atoms with Crippen LogP contribution in [0.3, 0.4) is 0 Å². The van der Waals surface area contributed by atoms with Gasteiger partial charge in [0.1, 0.15) is 17.6 Å². The third-order valence-electron chi connectivity index (χ3n) is 3.90. The molecule has 1 heterocycles. The van der Waals surface area contributed by atoms with E-state index in [0.717, 1.165) is 12.8 Å². The maximum absolute atomic E-state index is 12.1. The lowest BCUT2D eigenvalue weighted by Gasteiger charge is -2.18. The van der Waals surface area contributed by atoms with Gasteiger partial charge < -0.3 is 9.63 Å². The number of halogens is 1. The van der Waals surface area contributed by atoms with Crippen LogP contribution in [0.2, 0.25) is 5.02 Å². The maximum Gasteiger partial charge on any atom is 0.161 e. The van der Waals surface area contributed by atoms with Crippen molar-refractivity contribution in [3.8, 4) is 11.3 Å². The summed E-state index contributed by atoms with van der Waals surface area (Å²) in [6, 6.07) is 7.23. The Kier molecular flexibility index (Phi) is 4.14. The van der Waals surface area contributed by atoms with Gasteiger partial charge in [0.2, 0.25) is 0 Å². The van der Waals surface area contributed by atoms with E-state index in [1.165, 1.54) is 0 Å². The molecular weight excluding hydrogens is 302 g/mol. The highest BCUT2D eigenvalue weighted by molar-refractivity contribution is 6.33. The third kappa shape index (κ3) is 2.60. The van der Waals surface area contributed by atoms with Gasteiger partial charge in [0.25, 0.3) is 0 Å². The zero-order chi connectivity index (χ0) is 15.7. The number of aliphatic hydroxyl groups excluding tert-OH is 1. The van der Waals surface area contributed by atoms with Crippen LogP contribution >= 0.6 is 11.6 Å². The molecule has 0 bridgehead atoms. The predicted octanol–water partition coefficient (Wildman–Crippen LogP) is 4.02. The number of aromatic nitrogens is 1. The molecule has 1 N–H and O–H groups in total. The molecule has 0 spiro atoms. The number of aryl methyl sites for hydroxylation is 1. The van der Waals surface area contributed by atoms with Crippen molar-refractivity contribution in [2.24, 2.45) is 0 Å². The number of carbonyl (C=O) groups is 1. The second-order valence-electron chi connectivity index (χ2n) is 5.36. The minimum absolute atomic E-state index is 0.0236. The molecule has 114 valence electrons. The zero-order valence-corrected chi connectivity index (χ0v) is 12.9. The van der Waals surface area contributed by atoms with E-state index in [-0.39, 0.29) is 5.78 Å². The molecule has 22 heavy (non-hydrogen) atoms. The number of allylic oxidation sites excluding steroid dienone is 1. The molecular formula is C17H16ClNO3. The van der Waals surface area contributed by atoms with E-state index in [4.69, 9.17) is 16.1 Å². The molecule has 1 atom stereocenters. The molecule has 1 aliphatic carbocycles. The smallest absolute Gasteiger partial charge is 0.161 e. The van der Waals surface area contributed by atoms with E-state index >= 15 is 0 Å². The van der Waals surface area contributed by atoms with E-state index in [2.05, 4.69) is 5.16 Å². The largest absolute Gasteiger partial charge is 0.383 e. The third-order valence-corrected chi connectivity index (χ3v) is 4.23. The Labute approximate surface area is 133 Å². The first-order valence-corrected chi connectivity index (χ1v) is 7.59. The summed E-state index contributed by atoms with van der Waals surface area (Å²) in [5.74, 6) is 0.464. The van der Waals surface area contributed by atoms with Crippen LogP contribution in [0, 0.1) is 6.92 Å². The van der Waals surface area contributed by atoms with Crippen molar-refractivity contribution < 1.29 is 14.4 Å². The van der Waals surface area contributed by atoms with Crippen molar-refractivity contribution in [3.05, 3.63) is 52.3 Å². The molecule has 1 aromatic heterocycles. The van der Waals surface area contributed by atoms with Gasteiger partial charge in [0.05, 0.1) is 10.6 Å². The van der Waals surface area contributed by atoms with Crippen LogP contribution < -0.4 is 0 Å². The predicted molar refractivity (Wildman–Crippen MR) is 83.6 cm³/mol. The molecule has 2 aromatic rings. The topological polar surface area (TPSA) is 63.3 Å². The van der Waals surface area contributed by atoms with E-state index < -0.39 is 6.10 Å². The lowest BCUT2D eigenvalue weighted by molar-refractivity contribution is -0.117. The second kappa shape index (κ2) is 6.07. The van der Waals surface area contributed by atoms with Crippen LogP contribution in [0.5, 0.6) is 0 Å². The Morgan fingerprint density at radius 1 is 1.36 bits per heavy atom. The Morgan fingerprint density at radius 2 is 2.14 bits per heavy atom. The van der Waals surface area contributed by atoms with Crippen molar-refractivity contribution in [1.82, 2.24) is 5.16 Å². The van der Waals surface area contributed by atoms with Crippen molar-refractivity contribution in [1.29, 1.82) is 0 Å². The highest BCUT2D eigenvalue weighted by atomic mass is 35.5. The molecule has 0 fully saturated rings. The van der Waals surface area contributed by atoms with Crippen molar-refractivity contribution >= 4 is 17.4 Å². The van der Waals surface area contributed by atoms with E-state index in [1.807, 2.05) is 18.2 Å². The number of benzene rings is 1. The molecule has 4 nitrogen and oxygen atoms in total. The minimum Gasteiger partial charge on any atom is -0.383 e. The highest BCUT2D eigenvalue weighted by Gasteiger charge is 2.29. The Morgan fingerprint density at radius 3 is 2.86 bits per heavy atom. The summed E-state index contributed by atoms with van der Waals surface area (Å²) in [4.78, 5) is 12.1. The van der Waals surface area contributed by atoms with E-state index in [0.29, 0.717) is 39.6 Å². The summed E-state index contributed by atoms with van der Waals surface area (Å²) in [5, 5.41) is 15.2. The average molecular weight is 318 g/mol. The van der Waals surface area contributed by atoms with Crippen molar-refractivity contribution in [2.75, 3.05) is 0 Å². The van der Waals surface area contributed by atoms with Gasteiger partial charge in [-0.1, -0.05) is 41.0 Å². The van der Waals surface area contributed by atoms with Gasteiger partial charge in [-0.25, -0.2) is 0 Å². The quantitative estimate of drug-likeness (QED) is 0.928. The first-order chi connectivity index (χ1) is 10.6. The summed E-state index contributed by atoms with van der Waals surface area (Å²) in [6.07, 6.45) is 2.86. The molecule has 1 aliphatic rings. The molecule has 0 saturated heterocycles. The number of hydrogen-bond acceptors (Lipinski definition) is 4. The zero-order valence-electron chi connectivity index (χ0n) is 12.2. The maximum atomic E-state index is 12.1. The summed E-state index contributed by atoms with van der Waals surface area (Å²) < 4.78 is 5.25. The monoisotopic (exact) mass is 317 g/mol. The fourth-order valence-corrected chi connectivity index (χ4v) is 2.97. The fourth-order valence-electron chi connectivity index (χ4n) is 2.75. The Balaban J connectivity index is 2.08. The average Bonchev–Trinajstić information content (AvgIpc) is 2.89. The first-order valence-electron chi connectivity index (χ1n) is 7.22. The molecule has 0 saturated carbocycles. The van der Waals surface area contributed by atoms with Gasteiger partial charge in [-0.2, -0.15) is 0 Å². The SMILES string of the molecule is Cc1onc(-c2ccccc2Cl)c1C(O)C1=CCCCC1=O. The molecule has 5 heteroatoms. The van der Waals surface area contributed by atoms with Gasteiger partial charge in [-0.15, -0.1) is 0 Å². The lowest BCUT2D eigenvalue weighted by atomic mass is 9.89. The van der Waals surface area contributed by atoms with Crippen LogP contribution in [-0.4, -0.2) is 16.0 Å². The van der Waals surface area contributed by atoms with Crippen LogP contribution in [0.1, 0.15) is 36.7 Å². The van der Waals surface area contributed by atoms with Crippen LogP contribution in [0.4, 0.5) is 0 Å². The fraction of sp³-hybridized carbons (Fsp3) is 0.294. The van der Waals surface area contributed by atoms with E-state index in [9.17, 15) is 9.90 Å². The molecule has 0 radical (unpaired) electrons. The minimum atomic E-state index is -1.04. The number of rotatable bonds is 3. The van der Waals surface area contributed by atoms with Crippen LogP contribution in [-0.2, 0) is 4.79 Å². The number of ketones is 1. The van der Waals surface area contributed by atoms with Gasteiger partial charge in [-0.3, -0.25) is 4.79 Å². The number of hydrogen-bond donors (Lipinski definition) is 1. The number of nitrogens with zero attached hydrogens (tertiary/aromatic N) is 1. The normalized spacial score (nSPS) is 16.5. The Bertz CT molecular complexity index is 748. The van der Waals surface area contributed by atoms with Gasteiger partial charge in [0, 0.05) is 17.6 Å². The second-order valence-corrected chi connectivity index (χ2v) is 5.77. The molecule has 0 aliphatic heterocycles. The van der Waals surface area contributed by atoms with Gasteiger partial charge >= 0.3 is 0 Å². The van der Waals surface area contributed by atoms with E-state index in [1.54, 1.807) is 19.1 Å². The number of aliphatic hydroxyl groups is 1. The van der Waals surface area contributed by atoms with Crippen LogP contribution in [0.25, 0.3) is 11.3 Å². The molecule has 1 unspecified atom stereocenters. The lowest BCUT2D eigenvalue weighted by Crippen LogP contribution is -2.15. The summed E-state index contributed by atoms with van der Waals surface area (Å²) in [5.41, 5.74) is 2.09. The summed E-state index contributed by atoms with van der Waals surface area (Å²) in [6.45, 7) is 1.72. The molecule has 1 aromatic carbocycles. The highest BCUT2D eigenvalue weighted by Crippen LogP contribution is 2.38. The summed E-state index contributed by atoms with van der Waals surface area (Å²) >= 11 is 6.21. The number of carbonyl (C=O) groups excluding carboxylic acids is 1. The molecule has 0 amide bonds. The van der Waals surface area contributed by atoms with Crippen molar-refractivity contribution in [3.63, 3.8) is 0 Å². The molecule has 3 rings (SSSR count). The summed E-state index contributed by atoms with van der Waals surface area (Å²) in [7, 11) is 0. The van der Waals surface area contributed by atoms with Crippen LogP contribution in [0.15, 0.2) is 40.4 Å². The van der Waals surface area contributed by atoms with Crippen molar-refractivity contribution in [2.45, 2.75) is 32.3 Å².